The summed E-state index contributed by atoms with van der Waals surface area (Å²) in [6.45, 7) is 1.61. The van der Waals surface area contributed by atoms with Gasteiger partial charge in [0.25, 0.3) is 0 Å². The number of benzene rings is 2. The van der Waals surface area contributed by atoms with Crippen LogP contribution >= 0.6 is 0 Å². The van der Waals surface area contributed by atoms with E-state index in [4.69, 9.17) is 20.9 Å². The van der Waals surface area contributed by atoms with Crippen LogP contribution < -0.4 is 21.1 Å². The zero-order chi connectivity index (χ0) is 23.7. The van der Waals surface area contributed by atoms with Gasteiger partial charge in [-0.1, -0.05) is 18.2 Å². The topological polar surface area (TPSA) is 128 Å². The maximum Gasteiger partial charge on any atom is 0.222 e. The quantitative estimate of drug-likeness (QED) is 0.386. The number of aromatic amines is 1. The molecule has 2 aromatic carbocycles. The summed E-state index contributed by atoms with van der Waals surface area (Å²) in [6.07, 6.45) is 1.49. The molecular weight excluding hydrogens is 437 g/mol. The SMILES string of the molecule is COc1cccc(-c2cnc(C3CN(c4cc(-c5ccc(N)c(F)c5)nc(N)n4)CCO3)[nH]2)c1. The number of nitrogen functional groups attached to an aromatic ring is 2. The largest absolute Gasteiger partial charge is 0.497 e. The van der Waals surface area contributed by atoms with Crippen molar-refractivity contribution in [1.82, 2.24) is 19.9 Å². The van der Waals surface area contributed by atoms with Crippen molar-refractivity contribution < 1.29 is 13.9 Å². The van der Waals surface area contributed by atoms with Crippen molar-refractivity contribution in [2.45, 2.75) is 6.10 Å². The van der Waals surface area contributed by atoms with E-state index in [2.05, 4.69) is 24.8 Å². The molecule has 1 fully saturated rings. The van der Waals surface area contributed by atoms with Crippen molar-refractivity contribution in [3.8, 4) is 28.3 Å². The van der Waals surface area contributed by atoms with Gasteiger partial charge in [-0.2, -0.15) is 4.98 Å². The Morgan fingerprint density at radius 3 is 2.82 bits per heavy atom. The number of hydrogen-bond acceptors (Lipinski definition) is 8. The standard InChI is InChI=1S/C24H24FN7O2/c1-33-16-4-2-3-14(9-16)20-12-28-23(29-20)21-13-32(7-8-34-21)22-11-19(30-24(27)31-22)15-5-6-18(26)17(25)10-15/h2-6,9-12,21H,7-8,13,26H2,1H3,(H,28,29)(H2,27,30,31). The lowest BCUT2D eigenvalue weighted by Crippen LogP contribution is -2.39. The molecule has 4 aromatic rings. The zero-order valence-electron chi connectivity index (χ0n) is 18.5. The van der Waals surface area contributed by atoms with Crippen molar-refractivity contribution in [1.29, 1.82) is 0 Å². The number of methoxy groups -OCH3 is 1. The number of aromatic nitrogens is 4. The van der Waals surface area contributed by atoms with E-state index in [1.165, 1.54) is 12.1 Å². The molecule has 10 heteroatoms. The van der Waals surface area contributed by atoms with Crippen LogP contribution in [-0.4, -0.2) is 46.7 Å². The number of H-pyrrole nitrogens is 1. The molecule has 0 aliphatic carbocycles. The number of morpholine rings is 1. The lowest BCUT2D eigenvalue weighted by molar-refractivity contribution is 0.0343. The molecule has 1 aliphatic rings. The second-order valence-corrected chi connectivity index (χ2v) is 7.93. The summed E-state index contributed by atoms with van der Waals surface area (Å²) in [5, 5.41) is 0. The Morgan fingerprint density at radius 2 is 2.00 bits per heavy atom. The number of nitrogens with zero attached hydrogens (tertiary/aromatic N) is 4. The van der Waals surface area contributed by atoms with E-state index in [0.29, 0.717) is 42.6 Å². The van der Waals surface area contributed by atoms with Gasteiger partial charge in [-0.25, -0.2) is 14.4 Å². The van der Waals surface area contributed by atoms with Crippen LogP contribution in [0.5, 0.6) is 5.75 Å². The number of ether oxygens (including phenoxy) is 2. The molecule has 1 unspecified atom stereocenters. The van der Waals surface area contributed by atoms with Gasteiger partial charge in [0, 0.05) is 23.7 Å². The first-order chi connectivity index (χ1) is 16.5. The van der Waals surface area contributed by atoms with Gasteiger partial charge < -0.3 is 30.8 Å². The van der Waals surface area contributed by atoms with Crippen LogP contribution in [0.3, 0.4) is 0 Å². The van der Waals surface area contributed by atoms with Gasteiger partial charge in [-0.15, -0.1) is 0 Å². The predicted octanol–water partition coefficient (Wildman–Crippen LogP) is 3.42. The molecule has 5 rings (SSSR count). The third-order valence-electron chi connectivity index (χ3n) is 5.70. The Hall–Kier alpha value is -4.18. The highest BCUT2D eigenvalue weighted by atomic mass is 19.1. The lowest BCUT2D eigenvalue weighted by Gasteiger charge is -2.33. The number of imidazole rings is 1. The minimum Gasteiger partial charge on any atom is -0.497 e. The lowest BCUT2D eigenvalue weighted by atomic mass is 10.1. The van der Waals surface area contributed by atoms with Gasteiger partial charge >= 0.3 is 0 Å². The average Bonchev–Trinajstić information content (AvgIpc) is 3.36. The highest BCUT2D eigenvalue weighted by Gasteiger charge is 2.26. The molecule has 9 nitrogen and oxygen atoms in total. The van der Waals surface area contributed by atoms with Gasteiger partial charge in [0.15, 0.2) is 0 Å². The van der Waals surface area contributed by atoms with E-state index in [1.54, 1.807) is 25.4 Å². The van der Waals surface area contributed by atoms with Crippen LogP contribution in [0.15, 0.2) is 54.7 Å². The Balaban J connectivity index is 1.38. The summed E-state index contributed by atoms with van der Waals surface area (Å²) in [7, 11) is 1.64. The van der Waals surface area contributed by atoms with E-state index in [1.807, 2.05) is 24.3 Å². The van der Waals surface area contributed by atoms with Crippen LogP contribution in [0.25, 0.3) is 22.5 Å². The molecule has 0 bridgehead atoms. The summed E-state index contributed by atoms with van der Waals surface area (Å²) >= 11 is 0. The molecule has 3 heterocycles. The van der Waals surface area contributed by atoms with Crippen molar-refractivity contribution in [2.24, 2.45) is 0 Å². The summed E-state index contributed by atoms with van der Waals surface area (Å²) in [6, 6.07) is 14.1. The van der Waals surface area contributed by atoms with Crippen molar-refractivity contribution in [2.75, 3.05) is 43.2 Å². The summed E-state index contributed by atoms with van der Waals surface area (Å²) in [4.78, 5) is 18.6. The van der Waals surface area contributed by atoms with Crippen LogP contribution in [0, 0.1) is 5.82 Å². The first-order valence-electron chi connectivity index (χ1n) is 10.8. The second-order valence-electron chi connectivity index (χ2n) is 7.93. The number of nitrogens with one attached hydrogen (secondary N) is 1. The second kappa shape index (κ2) is 8.99. The highest BCUT2D eigenvalue weighted by Crippen LogP contribution is 2.30. The van der Waals surface area contributed by atoms with Crippen molar-refractivity contribution >= 4 is 17.5 Å². The minimum absolute atomic E-state index is 0.0776. The summed E-state index contributed by atoms with van der Waals surface area (Å²) < 4.78 is 25.3. The molecule has 1 atom stereocenters. The van der Waals surface area contributed by atoms with E-state index in [0.717, 1.165) is 17.0 Å². The van der Waals surface area contributed by atoms with Gasteiger partial charge in [-0.05, 0) is 24.3 Å². The van der Waals surface area contributed by atoms with E-state index >= 15 is 0 Å². The molecule has 174 valence electrons. The molecule has 34 heavy (non-hydrogen) atoms. The fourth-order valence-electron chi connectivity index (χ4n) is 3.91. The zero-order valence-corrected chi connectivity index (χ0v) is 18.5. The maximum atomic E-state index is 14.0. The van der Waals surface area contributed by atoms with Gasteiger partial charge in [0.1, 0.15) is 29.3 Å². The fraction of sp³-hybridized carbons (Fsp3) is 0.208. The van der Waals surface area contributed by atoms with Crippen LogP contribution in [0.1, 0.15) is 11.9 Å². The van der Waals surface area contributed by atoms with Gasteiger partial charge in [0.05, 0.1) is 43.5 Å². The van der Waals surface area contributed by atoms with E-state index in [9.17, 15) is 4.39 Å². The third kappa shape index (κ3) is 4.35. The van der Waals surface area contributed by atoms with Gasteiger partial charge in [-0.3, -0.25) is 0 Å². The first kappa shape index (κ1) is 21.7. The highest BCUT2D eigenvalue weighted by molar-refractivity contribution is 5.67. The van der Waals surface area contributed by atoms with Crippen molar-refractivity contribution in [3.63, 3.8) is 0 Å². The van der Waals surface area contributed by atoms with Crippen molar-refractivity contribution in [3.05, 3.63) is 66.4 Å². The summed E-state index contributed by atoms with van der Waals surface area (Å²) in [5.41, 5.74) is 14.6. The molecule has 0 spiro atoms. The monoisotopic (exact) mass is 461 g/mol. The fourth-order valence-corrected chi connectivity index (χ4v) is 3.91. The molecule has 0 radical (unpaired) electrons. The van der Waals surface area contributed by atoms with Crippen LogP contribution in [-0.2, 0) is 4.74 Å². The molecule has 0 amide bonds. The Labute approximate surface area is 195 Å². The summed E-state index contributed by atoms with van der Waals surface area (Å²) in [5.74, 6) is 1.71. The van der Waals surface area contributed by atoms with Gasteiger partial charge in [0.2, 0.25) is 5.95 Å². The Morgan fingerprint density at radius 1 is 1.12 bits per heavy atom. The smallest absolute Gasteiger partial charge is 0.222 e. The molecule has 1 aliphatic heterocycles. The average molecular weight is 462 g/mol. The number of nitrogens with two attached hydrogens (primary N) is 2. The number of rotatable bonds is 5. The molecule has 1 saturated heterocycles. The number of anilines is 3. The first-order valence-corrected chi connectivity index (χ1v) is 10.8. The van der Waals surface area contributed by atoms with Crippen LogP contribution in [0.4, 0.5) is 21.8 Å². The third-order valence-corrected chi connectivity index (χ3v) is 5.70. The predicted molar refractivity (Wildman–Crippen MR) is 128 cm³/mol. The normalized spacial score (nSPS) is 15.9. The van der Waals surface area contributed by atoms with E-state index in [-0.39, 0.29) is 17.7 Å². The van der Waals surface area contributed by atoms with E-state index < -0.39 is 5.82 Å². The molecule has 5 N–H and O–H groups in total. The number of halogens is 1. The Bertz CT molecular complexity index is 1330. The number of hydrogen-bond donors (Lipinski definition) is 3. The van der Waals surface area contributed by atoms with Crippen LogP contribution in [0.2, 0.25) is 0 Å². The Kier molecular flexibility index (Phi) is 5.72. The minimum atomic E-state index is -0.507. The molecular formula is C24H24FN7O2. The molecule has 2 aromatic heterocycles. The maximum absolute atomic E-state index is 14.0. The molecule has 0 saturated carbocycles.